The number of benzene rings is 1. The third-order valence-electron chi connectivity index (χ3n) is 4.33. The van der Waals surface area contributed by atoms with E-state index in [0.717, 1.165) is 30.8 Å². The van der Waals surface area contributed by atoms with Crippen molar-refractivity contribution in [2.45, 2.75) is 44.7 Å². The second kappa shape index (κ2) is 8.34. The van der Waals surface area contributed by atoms with Gasteiger partial charge in [-0.25, -0.2) is 4.79 Å². The monoisotopic (exact) mass is 324 g/mol. The molecule has 5 nitrogen and oxygen atoms in total. The number of amides is 2. The van der Waals surface area contributed by atoms with E-state index in [-0.39, 0.29) is 6.03 Å². The van der Waals surface area contributed by atoms with Crippen molar-refractivity contribution in [1.29, 1.82) is 0 Å². The van der Waals surface area contributed by atoms with Gasteiger partial charge < -0.3 is 16.0 Å². The summed E-state index contributed by atoms with van der Waals surface area (Å²) in [5.41, 5.74) is 3.00. The summed E-state index contributed by atoms with van der Waals surface area (Å²) < 4.78 is 0. The van der Waals surface area contributed by atoms with Crippen LogP contribution < -0.4 is 16.0 Å². The molecule has 1 aromatic carbocycles. The number of carbonyl (C=O) groups excluding carboxylic acids is 1. The lowest BCUT2D eigenvalue weighted by Gasteiger charge is -2.22. The first-order valence-corrected chi connectivity index (χ1v) is 8.60. The molecule has 5 heteroatoms. The van der Waals surface area contributed by atoms with E-state index in [9.17, 15) is 4.79 Å². The zero-order valence-electron chi connectivity index (χ0n) is 13.8. The molecule has 1 fully saturated rings. The molecular weight excluding hydrogens is 300 g/mol. The minimum atomic E-state index is -0.112. The molecule has 1 aliphatic rings. The van der Waals surface area contributed by atoms with Gasteiger partial charge in [-0.3, -0.25) is 4.98 Å². The number of hydrogen-bond acceptors (Lipinski definition) is 3. The molecule has 0 bridgehead atoms. The highest BCUT2D eigenvalue weighted by molar-refractivity contribution is 5.89. The van der Waals surface area contributed by atoms with Crippen molar-refractivity contribution in [3.8, 4) is 0 Å². The summed E-state index contributed by atoms with van der Waals surface area (Å²) in [6.07, 6.45) is 9.46. The first-order valence-electron chi connectivity index (χ1n) is 8.60. The Labute approximate surface area is 142 Å². The molecule has 3 N–H and O–H groups in total. The van der Waals surface area contributed by atoms with Gasteiger partial charge in [0.2, 0.25) is 0 Å². The summed E-state index contributed by atoms with van der Waals surface area (Å²) in [4.78, 5) is 16.0. The predicted octanol–water partition coefficient (Wildman–Crippen LogP) is 4.15. The molecule has 0 saturated heterocycles. The summed E-state index contributed by atoms with van der Waals surface area (Å²) in [6, 6.07) is 11.9. The van der Waals surface area contributed by atoms with Crippen LogP contribution >= 0.6 is 0 Å². The number of rotatable bonds is 5. The molecule has 2 aromatic rings. The fraction of sp³-hybridized carbons (Fsp3) is 0.368. The SMILES string of the molecule is O=C(Nc1ccc(NCc2ccncc2)cc1)NC1CCCCC1. The number of urea groups is 1. The summed E-state index contributed by atoms with van der Waals surface area (Å²) in [7, 11) is 0. The average Bonchev–Trinajstić information content (AvgIpc) is 2.63. The molecule has 3 rings (SSSR count). The Morgan fingerprint density at radius 1 is 0.958 bits per heavy atom. The molecule has 0 atom stereocenters. The average molecular weight is 324 g/mol. The van der Waals surface area contributed by atoms with E-state index in [1.54, 1.807) is 12.4 Å². The van der Waals surface area contributed by atoms with E-state index in [0.29, 0.717) is 6.04 Å². The lowest BCUT2D eigenvalue weighted by molar-refractivity contribution is 0.244. The third kappa shape index (κ3) is 4.98. The van der Waals surface area contributed by atoms with Crippen LogP contribution in [0.25, 0.3) is 0 Å². The number of hydrogen-bond donors (Lipinski definition) is 3. The molecule has 1 aliphatic carbocycles. The maximum absolute atomic E-state index is 12.0. The maximum Gasteiger partial charge on any atom is 0.319 e. The van der Waals surface area contributed by atoms with Gasteiger partial charge in [-0.1, -0.05) is 19.3 Å². The minimum Gasteiger partial charge on any atom is -0.381 e. The molecule has 1 heterocycles. The van der Waals surface area contributed by atoms with E-state index in [1.807, 2.05) is 36.4 Å². The van der Waals surface area contributed by atoms with Crippen LogP contribution in [0.15, 0.2) is 48.8 Å². The number of pyridine rings is 1. The van der Waals surface area contributed by atoms with Gasteiger partial charge in [0.15, 0.2) is 0 Å². The quantitative estimate of drug-likeness (QED) is 0.774. The van der Waals surface area contributed by atoms with Gasteiger partial charge in [0.1, 0.15) is 0 Å². The largest absolute Gasteiger partial charge is 0.381 e. The number of nitrogens with zero attached hydrogens (tertiary/aromatic N) is 1. The van der Waals surface area contributed by atoms with Gasteiger partial charge in [0.05, 0.1) is 0 Å². The van der Waals surface area contributed by atoms with Crippen LogP contribution in [-0.4, -0.2) is 17.1 Å². The zero-order valence-corrected chi connectivity index (χ0v) is 13.8. The van der Waals surface area contributed by atoms with Crippen LogP contribution in [-0.2, 0) is 6.54 Å². The first kappa shape index (κ1) is 16.3. The van der Waals surface area contributed by atoms with E-state index < -0.39 is 0 Å². The Morgan fingerprint density at radius 3 is 2.33 bits per heavy atom. The Hall–Kier alpha value is -2.56. The highest BCUT2D eigenvalue weighted by Gasteiger charge is 2.15. The second-order valence-electron chi connectivity index (χ2n) is 6.22. The fourth-order valence-electron chi connectivity index (χ4n) is 2.98. The van der Waals surface area contributed by atoms with Crippen molar-refractivity contribution >= 4 is 17.4 Å². The summed E-state index contributed by atoms with van der Waals surface area (Å²) in [5.74, 6) is 0. The van der Waals surface area contributed by atoms with Crippen LogP contribution in [0.2, 0.25) is 0 Å². The molecule has 0 unspecified atom stereocenters. The third-order valence-corrected chi connectivity index (χ3v) is 4.33. The lowest BCUT2D eigenvalue weighted by atomic mass is 9.96. The highest BCUT2D eigenvalue weighted by atomic mass is 16.2. The van der Waals surface area contributed by atoms with Crippen molar-refractivity contribution < 1.29 is 4.79 Å². The van der Waals surface area contributed by atoms with Crippen LogP contribution in [0, 0.1) is 0 Å². The van der Waals surface area contributed by atoms with Crippen molar-refractivity contribution in [2.24, 2.45) is 0 Å². The summed E-state index contributed by atoms with van der Waals surface area (Å²) in [5, 5.41) is 9.31. The van der Waals surface area contributed by atoms with Crippen LogP contribution in [0.5, 0.6) is 0 Å². The Kier molecular flexibility index (Phi) is 5.66. The van der Waals surface area contributed by atoms with E-state index in [1.165, 1.54) is 24.8 Å². The van der Waals surface area contributed by atoms with Crippen LogP contribution in [0.1, 0.15) is 37.7 Å². The standard InChI is InChI=1S/C19H24N4O/c24-19(22-17-4-2-1-3-5-17)23-18-8-6-16(7-9-18)21-14-15-10-12-20-13-11-15/h6-13,17,21H,1-5,14H2,(H2,22,23,24). The molecule has 1 aromatic heterocycles. The fourth-order valence-corrected chi connectivity index (χ4v) is 2.98. The van der Waals surface area contributed by atoms with E-state index >= 15 is 0 Å². The normalized spacial score (nSPS) is 14.8. The topological polar surface area (TPSA) is 66.0 Å². The number of anilines is 2. The smallest absolute Gasteiger partial charge is 0.319 e. The Bertz CT molecular complexity index is 636. The maximum atomic E-state index is 12.0. The van der Waals surface area contributed by atoms with Gasteiger partial charge in [-0.2, -0.15) is 0 Å². The van der Waals surface area contributed by atoms with Gasteiger partial charge in [0, 0.05) is 36.4 Å². The number of aromatic nitrogens is 1. The Balaban J connectivity index is 1.46. The zero-order chi connectivity index (χ0) is 16.6. The van der Waals surface area contributed by atoms with E-state index in [4.69, 9.17) is 0 Å². The molecule has 24 heavy (non-hydrogen) atoms. The van der Waals surface area contributed by atoms with Gasteiger partial charge in [-0.05, 0) is 54.8 Å². The van der Waals surface area contributed by atoms with E-state index in [2.05, 4.69) is 20.9 Å². The molecular formula is C19H24N4O. The second-order valence-corrected chi connectivity index (χ2v) is 6.22. The van der Waals surface area contributed by atoms with Gasteiger partial charge >= 0.3 is 6.03 Å². The van der Waals surface area contributed by atoms with Crippen molar-refractivity contribution in [3.05, 3.63) is 54.4 Å². The minimum absolute atomic E-state index is 0.112. The van der Waals surface area contributed by atoms with Crippen molar-refractivity contribution in [1.82, 2.24) is 10.3 Å². The van der Waals surface area contributed by atoms with Crippen molar-refractivity contribution in [3.63, 3.8) is 0 Å². The highest BCUT2D eigenvalue weighted by Crippen LogP contribution is 2.18. The molecule has 0 aliphatic heterocycles. The van der Waals surface area contributed by atoms with Gasteiger partial charge in [-0.15, -0.1) is 0 Å². The predicted molar refractivity (Wildman–Crippen MR) is 97.0 cm³/mol. The number of carbonyl (C=O) groups is 1. The molecule has 0 spiro atoms. The number of nitrogens with one attached hydrogen (secondary N) is 3. The molecule has 1 saturated carbocycles. The van der Waals surface area contributed by atoms with Crippen molar-refractivity contribution in [2.75, 3.05) is 10.6 Å². The summed E-state index contributed by atoms with van der Waals surface area (Å²) >= 11 is 0. The molecule has 0 radical (unpaired) electrons. The van der Waals surface area contributed by atoms with Crippen LogP contribution in [0.4, 0.5) is 16.2 Å². The van der Waals surface area contributed by atoms with Crippen LogP contribution in [0.3, 0.4) is 0 Å². The first-order chi connectivity index (χ1) is 11.8. The molecule has 2 amide bonds. The lowest BCUT2D eigenvalue weighted by Crippen LogP contribution is -2.38. The Morgan fingerprint density at radius 2 is 1.62 bits per heavy atom. The van der Waals surface area contributed by atoms with Gasteiger partial charge in [0.25, 0.3) is 0 Å². The molecule has 126 valence electrons. The summed E-state index contributed by atoms with van der Waals surface area (Å²) in [6.45, 7) is 0.747.